The maximum Gasteiger partial charge on any atom is 0.415 e. The largest absolute Gasteiger partial charge is 0.496 e. The van der Waals surface area contributed by atoms with Crippen LogP contribution in [0.4, 0.5) is 4.79 Å². The number of amides is 2. The van der Waals surface area contributed by atoms with Crippen LogP contribution in [0, 0.1) is 0 Å². The van der Waals surface area contributed by atoms with Crippen molar-refractivity contribution < 1.29 is 23.8 Å². The topological polar surface area (TPSA) is 95.5 Å². The molecule has 0 saturated carbocycles. The van der Waals surface area contributed by atoms with Gasteiger partial charge in [0.15, 0.2) is 0 Å². The van der Waals surface area contributed by atoms with E-state index in [0.717, 1.165) is 0 Å². The van der Waals surface area contributed by atoms with E-state index in [1.165, 1.54) is 7.11 Å². The van der Waals surface area contributed by atoms with Crippen molar-refractivity contribution in [1.82, 2.24) is 9.30 Å². The lowest BCUT2D eigenvalue weighted by atomic mass is 10.1. The van der Waals surface area contributed by atoms with Crippen LogP contribution in [0.5, 0.6) is 11.5 Å². The number of benzene rings is 1. The molecule has 0 spiro atoms. The molecular formula is C19H19N3O5. The van der Waals surface area contributed by atoms with E-state index in [1.54, 1.807) is 23.1 Å². The molecule has 0 unspecified atom stereocenters. The molecule has 0 bridgehead atoms. The molecule has 8 heteroatoms. The fourth-order valence-corrected chi connectivity index (χ4v) is 3.38. The van der Waals surface area contributed by atoms with Crippen LogP contribution < -0.4 is 15.2 Å². The van der Waals surface area contributed by atoms with Gasteiger partial charge < -0.3 is 29.2 Å². The van der Waals surface area contributed by atoms with Crippen LogP contribution in [0.1, 0.15) is 10.4 Å². The standard InChI is InChI=1S/C19H19N3O5/c1-25-15-11-12(27-19(24)21-6-8-26-9-7-21)10-14-16(15)17(18(20)23)13-4-2-3-5-22(13)14/h2-5,10-11H,6-9H2,1H3,(H2,20,23). The number of hydrogen-bond acceptors (Lipinski definition) is 5. The highest BCUT2D eigenvalue weighted by Crippen LogP contribution is 2.37. The molecule has 2 N–H and O–H groups in total. The molecule has 27 heavy (non-hydrogen) atoms. The van der Waals surface area contributed by atoms with Gasteiger partial charge in [-0.25, -0.2) is 4.79 Å². The van der Waals surface area contributed by atoms with Crippen LogP contribution in [0.3, 0.4) is 0 Å². The lowest BCUT2D eigenvalue weighted by Gasteiger charge is -2.25. The van der Waals surface area contributed by atoms with Crippen molar-refractivity contribution in [3.63, 3.8) is 0 Å². The number of pyridine rings is 1. The van der Waals surface area contributed by atoms with Gasteiger partial charge in [0.2, 0.25) is 0 Å². The Balaban J connectivity index is 1.83. The van der Waals surface area contributed by atoms with Gasteiger partial charge in [0.05, 0.1) is 42.3 Å². The predicted molar refractivity (Wildman–Crippen MR) is 98.4 cm³/mol. The van der Waals surface area contributed by atoms with E-state index in [0.29, 0.717) is 59.8 Å². The molecule has 0 radical (unpaired) electrons. The molecule has 1 aliphatic heterocycles. The van der Waals surface area contributed by atoms with Crippen molar-refractivity contribution in [3.05, 3.63) is 42.1 Å². The minimum absolute atomic E-state index is 0.329. The van der Waals surface area contributed by atoms with Crippen LogP contribution in [0.2, 0.25) is 0 Å². The van der Waals surface area contributed by atoms with Gasteiger partial charge in [0.1, 0.15) is 11.5 Å². The Morgan fingerprint density at radius 1 is 1.15 bits per heavy atom. The third-order valence-corrected chi connectivity index (χ3v) is 4.62. The molecule has 1 aromatic carbocycles. The minimum Gasteiger partial charge on any atom is -0.496 e. The number of rotatable bonds is 3. The minimum atomic E-state index is -0.551. The number of methoxy groups -OCH3 is 1. The Labute approximate surface area is 155 Å². The molecule has 1 saturated heterocycles. The van der Waals surface area contributed by atoms with E-state index >= 15 is 0 Å². The maximum atomic E-state index is 12.4. The average molecular weight is 369 g/mol. The van der Waals surface area contributed by atoms with Crippen LogP contribution in [-0.2, 0) is 4.74 Å². The van der Waals surface area contributed by atoms with Gasteiger partial charge in [-0.15, -0.1) is 0 Å². The van der Waals surface area contributed by atoms with Gasteiger partial charge in [-0.3, -0.25) is 4.79 Å². The molecule has 3 heterocycles. The molecule has 2 amide bonds. The van der Waals surface area contributed by atoms with E-state index in [-0.39, 0.29) is 0 Å². The second-order valence-corrected chi connectivity index (χ2v) is 6.18. The molecule has 8 nitrogen and oxygen atoms in total. The summed E-state index contributed by atoms with van der Waals surface area (Å²) in [7, 11) is 1.50. The molecule has 2 aromatic heterocycles. The Morgan fingerprint density at radius 2 is 1.93 bits per heavy atom. The quantitative estimate of drug-likeness (QED) is 0.762. The van der Waals surface area contributed by atoms with E-state index < -0.39 is 12.0 Å². The zero-order valence-corrected chi connectivity index (χ0v) is 14.8. The predicted octanol–water partition coefficient (Wildman–Crippen LogP) is 2.03. The summed E-state index contributed by atoms with van der Waals surface area (Å²) in [5.74, 6) is 0.190. The van der Waals surface area contributed by atoms with Crippen molar-refractivity contribution >= 4 is 28.4 Å². The van der Waals surface area contributed by atoms with Crippen LogP contribution >= 0.6 is 0 Å². The molecule has 140 valence electrons. The number of fused-ring (bicyclic) bond motifs is 3. The SMILES string of the molecule is COc1cc(OC(=O)N2CCOCC2)cc2c1c(C(N)=O)c1ccccn12. The number of aromatic nitrogens is 1. The highest BCUT2D eigenvalue weighted by Gasteiger charge is 2.23. The van der Waals surface area contributed by atoms with Crippen molar-refractivity contribution in [2.45, 2.75) is 0 Å². The summed E-state index contributed by atoms with van der Waals surface area (Å²) < 4.78 is 18.1. The summed E-state index contributed by atoms with van der Waals surface area (Å²) in [6.45, 7) is 1.95. The first-order valence-corrected chi connectivity index (χ1v) is 8.55. The van der Waals surface area contributed by atoms with E-state index in [1.807, 2.05) is 22.7 Å². The number of primary amides is 1. The number of nitrogens with zero attached hydrogens (tertiary/aromatic N) is 2. The Hall–Kier alpha value is -3.26. The zero-order valence-electron chi connectivity index (χ0n) is 14.8. The summed E-state index contributed by atoms with van der Waals surface area (Å²) in [4.78, 5) is 26.1. The Morgan fingerprint density at radius 3 is 2.63 bits per heavy atom. The lowest BCUT2D eigenvalue weighted by Crippen LogP contribution is -2.42. The van der Waals surface area contributed by atoms with Gasteiger partial charge in [-0.2, -0.15) is 0 Å². The highest BCUT2D eigenvalue weighted by atomic mass is 16.6. The van der Waals surface area contributed by atoms with E-state index in [2.05, 4.69) is 0 Å². The van der Waals surface area contributed by atoms with E-state index in [4.69, 9.17) is 19.9 Å². The van der Waals surface area contributed by atoms with Crippen molar-refractivity contribution in [3.8, 4) is 11.5 Å². The monoisotopic (exact) mass is 369 g/mol. The second-order valence-electron chi connectivity index (χ2n) is 6.18. The first-order valence-electron chi connectivity index (χ1n) is 8.55. The van der Waals surface area contributed by atoms with Gasteiger partial charge in [0, 0.05) is 31.4 Å². The highest BCUT2D eigenvalue weighted by molar-refractivity contribution is 6.15. The average Bonchev–Trinajstić information content (AvgIpc) is 3.03. The maximum absolute atomic E-state index is 12.4. The van der Waals surface area contributed by atoms with Crippen LogP contribution in [-0.4, -0.2) is 54.7 Å². The van der Waals surface area contributed by atoms with Crippen LogP contribution in [0.25, 0.3) is 16.4 Å². The summed E-state index contributed by atoms with van der Waals surface area (Å²) in [6.07, 6.45) is 1.37. The van der Waals surface area contributed by atoms with E-state index in [9.17, 15) is 9.59 Å². The molecule has 1 fully saturated rings. The summed E-state index contributed by atoms with van der Waals surface area (Å²) in [6, 6.07) is 8.77. The third-order valence-electron chi connectivity index (χ3n) is 4.62. The number of morpholine rings is 1. The van der Waals surface area contributed by atoms with Crippen molar-refractivity contribution in [2.75, 3.05) is 33.4 Å². The van der Waals surface area contributed by atoms with Crippen molar-refractivity contribution in [1.29, 1.82) is 0 Å². The normalized spacial score (nSPS) is 14.5. The zero-order chi connectivity index (χ0) is 19.0. The lowest BCUT2D eigenvalue weighted by molar-refractivity contribution is 0.0416. The smallest absolute Gasteiger partial charge is 0.415 e. The van der Waals surface area contributed by atoms with Gasteiger partial charge in [-0.1, -0.05) is 6.07 Å². The third kappa shape index (κ3) is 2.93. The number of nitrogens with two attached hydrogens (primary N) is 1. The van der Waals surface area contributed by atoms with Crippen molar-refractivity contribution in [2.24, 2.45) is 5.73 Å². The Bertz CT molecular complexity index is 1040. The Kier molecular flexibility index (Phi) is 4.33. The molecule has 0 atom stereocenters. The molecule has 0 aliphatic carbocycles. The summed E-state index contributed by atoms with van der Waals surface area (Å²) >= 11 is 0. The molecule has 4 rings (SSSR count). The number of hydrogen-bond donors (Lipinski definition) is 1. The number of carbonyl (C=O) groups is 2. The molecule has 1 aliphatic rings. The van der Waals surface area contributed by atoms with Crippen LogP contribution in [0.15, 0.2) is 36.5 Å². The number of carbonyl (C=O) groups excluding carboxylic acids is 2. The number of ether oxygens (including phenoxy) is 3. The first kappa shape index (κ1) is 17.2. The fourth-order valence-electron chi connectivity index (χ4n) is 3.38. The summed E-state index contributed by atoms with van der Waals surface area (Å²) in [5, 5.41) is 0.586. The van der Waals surface area contributed by atoms with Gasteiger partial charge >= 0.3 is 6.09 Å². The molecular weight excluding hydrogens is 350 g/mol. The second kappa shape index (κ2) is 6.81. The summed E-state index contributed by atoms with van der Waals surface area (Å²) in [5.41, 5.74) is 7.32. The fraction of sp³-hybridized carbons (Fsp3) is 0.263. The van der Waals surface area contributed by atoms with Gasteiger partial charge in [0.25, 0.3) is 5.91 Å². The first-order chi connectivity index (χ1) is 13.1. The van der Waals surface area contributed by atoms with Gasteiger partial charge in [-0.05, 0) is 12.1 Å². The molecule has 3 aromatic rings.